The number of aromatic nitrogens is 2. The molecular formula is C51H61F3N6O6S. The van der Waals surface area contributed by atoms with Crippen LogP contribution >= 0.6 is 11.3 Å². The molecule has 3 aromatic carbocycles. The summed E-state index contributed by atoms with van der Waals surface area (Å²) in [7, 11) is 0. The van der Waals surface area contributed by atoms with Crippen molar-refractivity contribution >= 4 is 40.0 Å². The van der Waals surface area contributed by atoms with Gasteiger partial charge in [0.1, 0.15) is 41.7 Å². The summed E-state index contributed by atoms with van der Waals surface area (Å²) in [6, 6.07) is 15.1. The molecule has 16 heteroatoms. The van der Waals surface area contributed by atoms with E-state index in [4.69, 9.17) is 9.47 Å². The van der Waals surface area contributed by atoms with Gasteiger partial charge in [-0.05, 0) is 80.5 Å². The summed E-state index contributed by atoms with van der Waals surface area (Å²) in [5.41, 5.74) is 5.02. The van der Waals surface area contributed by atoms with Crippen molar-refractivity contribution in [3.63, 3.8) is 0 Å². The van der Waals surface area contributed by atoms with Gasteiger partial charge < -0.3 is 35.1 Å². The van der Waals surface area contributed by atoms with E-state index in [9.17, 15) is 19.5 Å². The van der Waals surface area contributed by atoms with Crippen LogP contribution in [0.2, 0.25) is 0 Å². The van der Waals surface area contributed by atoms with Gasteiger partial charge in [0.05, 0.1) is 34.8 Å². The van der Waals surface area contributed by atoms with Crippen LogP contribution in [0.1, 0.15) is 100 Å². The second-order valence-electron chi connectivity index (χ2n) is 19.5. The third kappa shape index (κ3) is 11.0. The summed E-state index contributed by atoms with van der Waals surface area (Å²) in [6.07, 6.45) is 2.48. The molecule has 1 aliphatic carbocycles. The number of thiazole rings is 1. The Morgan fingerprint density at radius 2 is 1.75 bits per heavy atom. The number of alkyl halides is 1. The minimum atomic E-state index is -1.36. The molecule has 1 saturated heterocycles. The van der Waals surface area contributed by atoms with Crippen molar-refractivity contribution < 1.29 is 42.1 Å². The van der Waals surface area contributed by atoms with Crippen LogP contribution in [-0.4, -0.2) is 105 Å². The molecule has 4 heterocycles. The lowest BCUT2D eigenvalue weighted by atomic mass is 9.85. The smallest absolute Gasteiger partial charge is 0.246 e. The van der Waals surface area contributed by atoms with Crippen molar-refractivity contribution in [3.8, 4) is 16.2 Å². The Labute approximate surface area is 393 Å². The Balaban J connectivity index is 0.788. The minimum absolute atomic E-state index is 0.0368. The number of fused-ring (bicyclic) bond motifs is 3. The summed E-state index contributed by atoms with van der Waals surface area (Å²) in [5.74, 6) is -2.80. The number of carbonyl (C=O) groups is 3. The third-order valence-electron chi connectivity index (χ3n) is 13.2. The number of rotatable bonds is 18. The van der Waals surface area contributed by atoms with E-state index < -0.39 is 58.8 Å². The van der Waals surface area contributed by atoms with E-state index in [2.05, 4.69) is 20.6 Å². The standard InChI is InChI=1S/C51H61F3N6O6S/c1-30-21-37-36-11-7-8-12-40(36)57-44(37)45(60(30)28-51(54)17-18-51)43-38(52)23-35(24-39(43)53)66-20-10-6-9-19-65-27-42(62)58-47(50(3,4)5)49(64)59-26-34(61)22-41(59)48(63)55-25-32-13-15-33(16-14-32)46-31(2)56-29-67-46/h7-8,11-16,23-24,29-30,34,41,45,47,57,61H,6,9-10,17-22,25-28H2,1-5H3,(H,55,63)(H,58,62)/t30-,34-,41+,45-,47?/m1/s1. The van der Waals surface area contributed by atoms with Gasteiger partial charge in [0, 0.05) is 73.0 Å². The van der Waals surface area contributed by atoms with Crippen LogP contribution in [0.4, 0.5) is 13.2 Å². The van der Waals surface area contributed by atoms with Gasteiger partial charge in [0.25, 0.3) is 0 Å². The number of H-pyrrole nitrogens is 1. The number of aromatic amines is 1. The van der Waals surface area contributed by atoms with Crippen LogP contribution in [0.25, 0.3) is 21.3 Å². The average molecular weight is 943 g/mol. The molecular weight excluding hydrogens is 882 g/mol. The van der Waals surface area contributed by atoms with Gasteiger partial charge in [0.15, 0.2) is 0 Å². The highest BCUT2D eigenvalue weighted by Crippen LogP contribution is 2.48. The number of aliphatic hydroxyl groups is 1. The maximum Gasteiger partial charge on any atom is 0.246 e. The number of nitrogens with one attached hydrogen (secondary N) is 3. The largest absolute Gasteiger partial charge is 0.493 e. The molecule has 1 unspecified atom stereocenters. The fraction of sp³-hybridized carbons (Fsp3) is 0.490. The normalized spacial score (nSPS) is 20.7. The molecule has 4 N–H and O–H groups in total. The molecule has 0 spiro atoms. The first-order valence-corrected chi connectivity index (χ1v) is 24.2. The summed E-state index contributed by atoms with van der Waals surface area (Å²) in [4.78, 5) is 52.6. The number of likely N-dealkylation sites (tertiary alicyclic amines) is 1. The van der Waals surface area contributed by atoms with E-state index in [0.29, 0.717) is 44.2 Å². The molecule has 2 aromatic heterocycles. The van der Waals surface area contributed by atoms with Gasteiger partial charge >= 0.3 is 0 Å². The Bertz CT molecular complexity index is 2550. The molecule has 3 amide bonds. The predicted octanol–water partition coefficient (Wildman–Crippen LogP) is 8.09. The quantitative estimate of drug-likeness (QED) is 0.0645. The Morgan fingerprint density at radius 3 is 2.43 bits per heavy atom. The van der Waals surface area contributed by atoms with Crippen molar-refractivity contribution in [1.29, 1.82) is 0 Å². The van der Waals surface area contributed by atoms with Gasteiger partial charge in [-0.25, -0.2) is 18.2 Å². The maximum absolute atomic E-state index is 16.1. The highest BCUT2D eigenvalue weighted by atomic mass is 32.1. The predicted molar refractivity (Wildman–Crippen MR) is 251 cm³/mol. The Morgan fingerprint density at radius 1 is 1.03 bits per heavy atom. The summed E-state index contributed by atoms with van der Waals surface area (Å²) >= 11 is 1.56. The molecule has 2 aliphatic heterocycles. The first kappa shape index (κ1) is 48.2. The molecule has 3 aliphatic rings. The molecule has 1 saturated carbocycles. The molecule has 67 heavy (non-hydrogen) atoms. The van der Waals surface area contributed by atoms with Gasteiger partial charge in [-0.1, -0.05) is 63.2 Å². The first-order valence-electron chi connectivity index (χ1n) is 23.3. The zero-order valence-corrected chi connectivity index (χ0v) is 39.6. The third-order valence-corrected chi connectivity index (χ3v) is 14.2. The molecule has 0 bridgehead atoms. The Hall–Kier alpha value is -5.29. The van der Waals surface area contributed by atoms with Crippen molar-refractivity contribution in [1.82, 2.24) is 30.4 Å². The number of benzene rings is 3. The first-order chi connectivity index (χ1) is 32.0. The highest BCUT2D eigenvalue weighted by molar-refractivity contribution is 7.13. The van der Waals surface area contributed by atoms with Crippen LogP contribution in [-0.2, 0) is 32.1 Å². The van der Waals surface area contributed by atoms with Crippen molar-refractivity contribution in [2.24, 2.45) is 5.41 Å². The van der Waals surface area contributed by atoms with Gasteiger partial charge in [0.2, 0.25) is 17.7 Å². The number of halogens is 3. The van der Waals surface area contributed by atoms with Crippen LogP contribution in [0.15, 0.2) is 66.2 Å². The van der Waals surface area contributed by atoms with E-state index >= 15 is 13.2 Å². The zero-order chi connectivity index (χ0) is 47.6. The van der Waals surface area contributed by atoms with Crippen molar-refractivity contribution in [3.05, 3.63) is 106 Å². The lowest BCUT2D eigenvalue weighted by Crippen LogP contribution is -2.58. The monoisotopic (exact) mass is 942 g/mol. The summed E-state index contributed by atoms with van der Waals surface area (Å²) < 4.78 is 58.9. The number of para-hydroxylation sites is 1. The van der Waals surface area contributed by atoms with Gasteiger partial charge in [-0.3, -0.25) is 19.3 Å². The number of β-amino-alcohol motifs (C(OH)–C–C–N with tert-alkyl or cyclic N) is 1. The van der Waals surface area contributed by atoms with Crippen molar-refractivity contribution in [2.45, 2.75) is 122 Å². The van der Waals surface area contributed by atoms with E-state index in [1.165, 1.54) is 17.0 Å². The maximum atomic E-state index is 16.1. The van der Waals surface area contributed by atoms with Crippen LogP contribution < -0.4 is 15.4 Å². The van der Waals surface area contributed by atoms with E-state index in [0.717, 1.165) is 38.2 Å². The SMILES string of the molecule is Cc1ncsc1-c1ccc(CNC(=O)[C@@H]2C[C@@H](O)CN2C(=O)C(NC(=O)COCCCCCOc2cc(F)c([C@@H]3c4[nH]c5ccccc5c4C[C@@H](C)N3CC3(F)CC3)c(F)c2)C(C)(C)C)cc1. The van der Waals surface area contributed by atoms with Crippen LogP contribution in [0.3, 0.4) is 0 Å². The fourth-order valence-electron chi connectivity index (χ4n) is 9.41. The number of hydrogen-bond donors (Lipinski definition) is 4. The topological polar surface area (TPSA) is 149 Å². The second-order valence-corrected chi connectivity index (χ2v) is 20.4. The molecule has 8 rings (SSSR count). The van der Waals surface area contributed by atoms with Crippen molar-refractivity contribution in [2.75, 3.05) is 32.9 Å². The number of carbonyl (C=O) groups excluding carboxylic acids is 3. The van der Waals surface area contributed by atoms with Gasteiger partial charge in [-0.2, -0.15) is 0 Å². The average Bonchev–Trinajstić information content (AvgIpc) is 3.54. The number of nitrogens with zero attached hydrogens (tertiary/aromatic N) is 3. The molecule has 5 atom stereocenters. The summed E-state index contributed by atoms with van der Waals surface area (Å²) in [5, 5.41) is 17.3. The molecule has 12 nitrogen and oxygen atoms in total. The zero-order valence-electron chi connectivity index (χ0n) is 38.8. The number of ether oxygens (including phenoxy) is 2. The molecule has 358 valence electrons. The van der Waals surface area contributed by atoms with E-state index in [1.807, 2.05) is 88.0 Å². The lowest BCUT2D eigenvalue weighted by molar-refractivity contribution is -0.144. The Kier molecular flexibility index (Phi) is 14.5. The number of amides is 3. The fourth-order valence-corrected chi connectivity index (χ4v) is 10.2. The van der Waals surface area contributed by atoms with E-state index in [-0.39, 0.29) is 69.1 Å². The molecule has 0 radical (unpaired) electrons. The van der Waals surface area contributed by atoms with Crippen LogP contribution in [0, 0.1) is 24.0 Å². The molecule has 5 aromatic rings. The van der Waals surface area contributed by atoms with E-state index in [1.54, 1.807) is 16.8 Å². The number of hydrogen-bond acceptors (Lipinski definition) is 9. The van der Waals surface area contributed by atoms with Gasteiger partial charge in [-0.15, -0.1) is 11.3 Å². The second kappa shape index (κ2) is 20.1. The lowest BCUT2D eigenvalue weighted by Gasteiger charge is -2.41. The summed E-state index contributed by atoms with van der Waals surface area (Å²) in [6.45, 7) is 9.84. The number of aryl methyl sites for hydroxylation is 1. The minimum Gasteiger partial charge on any atom is -0.493 e. The highest BCUT2D eigenvalue weighted by Gasteiger charge is 2.49. The number of unbranched alkanes of at least 4 members (excludes halogenated alkanes) is 2. The number of aliphatic hydroxyl groups excluding tert-OH is 1. The molecule has 2 fully saturated rings. The van der Waals surface area contributed by atoms with Crippen LogP contribution in [0.5, 0.6) is 5.75 Å².